The van der Waals surface area contributed by atoms with E-state index in [1.807, 2.05) is 0 Å². The van der Waals surface area contributed by atoms with Gasteiger partial charge in [-0.2, -0.15) is 0 Å². The third kappa shape index (κ3) is 3.15. The summed E-state index contributed by atoms with van der Waals surface area (Å²) in [7, 11) is 0. The number of rotatable bonds is 5. The molecule has 1 amide bonds. The van der Waals surface area contributed by atoms with E-state index in [1.54, 1.807) is 0 Å². The zero-order chi connectivity index (χ0) is 13.9. The molecule has 8 heteroatoms. The molecule has 2 unspecified atom stereocenters. The highest BCUT2D eigenvalue weighted by atomic mass is 16.6. The Morgan fingerprint density at radius 1 is 1.44 bits per heavy atom. The zero-order valence-corrected chi connectivity index (χ0v) is 9.18. The molecule has 5 N–H and O–H groups in total. The standard InChI is InChI=1S/C10H12N2O6/c11-9(15)4-8(14)10(16)5-1-2-6(12(17)18)7(13)3-5/h1-3,8,10,13-14,16H,4H2,(H2,11,15). The van der Waals surface area contributed by atoms with Gasteiger partial charge in [0, 0.05) is 6.07 Å². The second kappa shape index (κ2) is 5.43. The summed E-state index contributed by atoms with van der Waals surface area (Å²) in [6, 6.07) is 3.12. The SMILES string of the molecule is NC(=O)CC(O)C(O)c1ccc([N+](=O)[O-])c(O)c1. The average Bonchev–Trinajstić information content (AvgIpc) is 2.26. The van der Waals surface area contributed by atoms with Crippen LogP contribution in [0.1, 0.15) is 18.1 Å². The molecule has 8 nitrogen and oxygen atoms in total. The number of aliphatic hydroxyl groups is 2. The number of nitrogens with zero attached hydrogens (tertiary/aromatic N) is 1. The highest BCUT2D eigenvalue weighted by molar-refractivity contribution is 5.74. The van der Waals surface area contributed by atoms with Crippen LogP contribution in [0.15, 0.2) is 18.2 Å². The molecule has 0 heterocycles. The Morgan fingerprint density at radius 3 is 2.50 bits per heavy atom. The van der Waals surface area contributed by atoms with E-state index in [0.29, 0.717) is 0 Å². The van der Waals surface area contributed by atoms with E-state index in [4.69, 9.17) is 5.73 Å². The average molecular weight is 256 g/mol. The number of primary amides is 1. The van der Waals surface area contributed by atoms with Gasteiger partial charge in [0.1, 0.15) is 6.10 Å². The van der Waals surface area contributed by atoms with Crippen LogP contribution in [0.2, 0.25) is 0 Å². The number of aliphatic hydroxyl groups excluding tert-OH is 2. The maximum Gasteiger partial charge on any atom is 0.310 e. The quantitative estimate of drug-likeness (QED) is 0.415. The van der Waals surface area contributed by atoms with Crippen molar-refractivity contribution in [2.24, 2.45) is 5.73 Å². The van der Waals surface area contributed by atoms with Crippen molar-refractivity contribution >= 4 is 11.6 Å². The number of hydrogen-bond donors (Lipinski definition) is 4. The molecular weight excluding hydrogens is 244 g/mol. The van der Waals surface area contributed by atoms with Gasteiger partial charge in [-0.25, -0.2) is 0 Å². The summed E-state index contributed by atoms with van der Waals surface area (Å²) in [6.45, 7) is 0. The minimum Gasteiger partial charge on any atom is -0.502 e. The van der Waals surface area contributed by atoms with E-state index >= 15 is 0 Å². The summed E-state index contributed by atoms with van der Waals surface area (Å²) in [5.41, 5.74) is 4.38. The van der Waals surface area contributed by atoms with E-state index in [9.17, 15) is 30.2 Å². The third-order valence-electron chi connectivity index (χ3n) is 2.31. The molecule has 1 aromatic carbocycles. The second-order valence-corrected chi connectivity index (χ2v) is 3.69. The van der Waals surface area contributed by atoms with Crippen molar-refractivity contribution in [2.75, 3.05) is 0 Å². The van der Waals surface area contributed by atoms with Gasteiger partial charge in [-0.15, -0.1) is 0 Å². The third-order valence-corrected chi connectivity index (χ3v) is 2.31. The van der Waals surface area contributed by atoms with Crippen LogP contribution in [0, 0.1) is 10.1 Å². The number of aromatic hydroxyl groups is 1. The van der Waals surface area contributed by atoms with Crippen molar-refractivity contribution in [3.8, 4) is 5.75 Å². The number of carbonyl (C=O) groups is 1. The smallest absolute Gasteiger partial charge is 0.310 e. The molecular formula is C10H12N2O6. The molecule has 0 spiro atoms. The zero-order valence-electron chi connectivity index (χ0n) is 9.18. The molecule has 98 valence electrons. The lowest BCUT2D eigenvalue weighted by Crippen LogP contribution is -2.25. The molecule has 0 radical (unpaired) electrons. The first-order chi connectivity index (χ1) is 8.32. The molecule has 0 aromatic heterocycles. The number of hydrogen-bond acceptors (Lipinski definition) is 6. The number of phenolic OH excluding ortho intramolecular Hbond substituents is 1. The molecule has 0 aliphatic heterocycles. The fourth-order valence-electron chi connectivity index (χ4n) is 1.42. The summed E-state index contributed by atoms with van der Waals surface area (Å²) in [6.07, 6.45) is -3.37. The Kier molecular flexibility index (Phi) is 4.18. The molecule has 0 aliphatic rings. The fourth-order valence-corrected chi connectivity index (χ4v) is 1.42. The van der Waals surface area contributed by atoms with Crippen LogP contribution in [0.25, 0.3) is 0 Å². The number of amides is 1. The number of nitro groups is 1. The van der Waals surface area contributed by atoms with Crippen LogP contribution in [0.4, 0.5) is 5.69 Å². The summed E-state index contributed by atoms with van der Waals surface area (Å²) >= 11 is 0. The Balaban J connectivity index is 2.93. The van der Waals surface area contributed by atoms with E-state index in [-0.39, 0.29) is 5.56 Å². The Morgan fingerprint density at radius 2 is 2.06 bits per heavy atom. The van der Waals surface area contributed by atoms with Crippen LogP contribution >= 0.6 is 0 Å². The predicted molar refractivity (Wildman–Crippen MR) is 59.5 cm³/mol. The topological polar surface area (TPSA) is 147 Å². The summed E-state index contributed by atoms with van der Waals surface area (Å²) in [5.74, 6) is -1.43. The Bertz CT molecular complexity index is 475. The maximum absolute atomic E-state index is 10.6. The summed E-state index contributed by atoms with van der Waals surface area (Å²) in [5, 5.41) is 38.9. The van der Waals surface area contributed by atoms with Crippen molar-refractivity contribution in [3.05, 3.63) is 33.9 Å². The second-order valence-electron chi connectivity index (χ2n) is 3.69. The lowest BCUT2D eigenvalue weighted by Gasteiger charge is -2.16. The van der Waals surface area contributed by atoms with E-state index in [1.165, 1.54) is 6.07 Å². The minimum absolute atomic E-state index is 0.0480. The summed E-state index contributed by atoms with van der Waals surface area (Å²) < 4.78 is 0. The van der Waals surface area contributed by atoms with Crippen LogP contribution in [-0.2, 0) is 4.79 Å². The summed E-state index contributed by atoms with van der Waals surface area (Å²) in [4.78, 5) is 20.2. The molecule has 0 aliphatic carbocycles. The first-order valence-electron chi connectivity index (χ1n) is 4.94. The monoisotopic (exact) mass is 256 g/mol. The molecule has 2 atom stereocenters. The van der Waals surface area contributed by atoms with Crippen molar-refractivity contribution in [1.29, 1.82) is 0 Å². The normalized spacial score (nSPS) is 13.9. The fraction of sp³-hybridized carbons (Fsp3) is 0.300. The van der Waals surface area contributed by atoms with Crippen LogP contribution in [-0.4, -0.2) is 32.3 Å². The van der Waals surface area contributed by atoms with Crippen molar-refractivity contribution in [1.82, 2.24) is 0 Å². The maximum atomic E-state index is 10.6. The van der Waals surface area contributed by atoms with Crippen LogP contribution in [0.3, 0.4) is 0 Å². The van der Waals surface area contributed by atoms with Gasteiger partial charge in [-0.05, 0) is 17.7 Å². The molecule has 0 bridgehead atoms. The molecule has 0 fully saturated rings. The van der Waals surface area contributed by atoms with Gasteiger partial charge in [0.25, 0.3) is 0 Å². The van der Waals surface area contributed by atoms with E-state index < -0.39 is 40.9 Å². The Labute approximate surface area is 101 Å². The van der Waals surface area contributed by atoms with Gasteiger partial charge in [0.15, 0.2) is 5.75 Å². The first kappa shape index (κ1) is 13.9. The lowest BCUT2D eigenvalue weighted by molar-refractivity contribution is -0.385. The first-order valence-corrected chi connectivity index (χ1v) is 4.94. The minimum atomic E-state index is -1.47. The van der Waals surface area contributed by atoms with Gasteiger partial charge in [-0.3, -0.25) is 14.9 Å². The molecule has 0 saturated heterocycles. The number of carbonyl (C=O) groups excluding carboxylic acids is 1. The van der Waals surface area contributed by atoms with Gasteiger partial charge in [0.05, 0.1) is 17.4 Å². The van der Waals surface area contributed by atoms with Crippen LogP contribution < -0.4 is 5.73 Å². The lowest BCUT2D eigenvalue weighted by atomic mass is 10.0. The van der Waals surface area contributed by atoms with Gasteiger partial charge in [-0.1, -0.05) is 0 Å². The number of nitro benzene ring substituents is 1. The Hall–Kier alpha value is -2.19. The molecule has 1 aromatic rings. The number of benzene rings is 1. The van der Waals surface area contributed by atoms with Crippen molar-refractivity contribution in [2.45, 2.75) is 18.6 Å². The molecule has 1 rings (SSSR count). The van der Waals surface area contributed by atoms with Gasteiger partial charge >= 0.3 is 5.69 Å². The van der Waals surface area contributed by atoms with Gasteiger partial charge in [0.2, 0.25) is 5.91 Å². The highest BCUT2D eigenvalue weighted by Gasteiger charge is 2.23. The predicted octanol–water partition coefficient (Wildman–Crippen LogP) is -0.430. The largest absolute Gasteiger partial charge is 0.502 e. The molecule has 18 heavy (non-hydrogen) atoms. The molecule has 0 saturated carbocycles. The van der Waals surface area contributed by atoms with E-state index in [2.05, 4.69) is 0 Å². The van der Waals surface area contributed by atoms with E-state index in [0.717, 1.165) is 12.1 Å². The van der Waals surface area contributed by atoms with Gasteiger partial charge < -0.3 is 21.1 Å². The van der Waals surface area contributed by atoms with Crippen LogP contribution in [0.5, 0.6) is 5.75 Å². The van der Waals surface area contributed by atoms with Crippen molar-refractivity contribution < 1.29 is 25.0 Å². The number of phenols is 1. The highest BCUT2D eigenvalue weighted by Crippen LogP contribution is 2.30. The number of nitrogens with two attached hydrogens (primary N) is 1. The van der Waals surface area contributed by atoms with Crippen molar-refractivity contribution in [3.63, 3.8) is 0 Å².